The van der Waals surface area contributed by atoms with Crippen molar-refractivity contribution >= 4 is 11.8 Å². The molecular weight excluding hydrogens is 180 g/mol. The summed E-state index contributed by atoms with van der Waals surface area (Å²) in [7, 11) is 0. The molecule has 14 heavy (non-hydrogen) atoms. The van der Waals surface area contributed by atoms with E-state index in [0.29, 0.717) is 18.4 Å². The minimum atomic E-state index is -0.439. The molecule has 0 unspecified atom stereocenters. The number of nitrogens with zero attached hydrogens (tertiary/aromatic N) is 1. The number of carbonyl (C=O) groups excluding carboxylic acids is 1. The molecule has 0 radical (unpaired) electrons. The molecule has 2 rings (SSSR count). The molecule has 0 bridgehead atoms. The molecule has 2 fully saturated rings. The van der Waals surface area contributed by atoms with Crippen LogP contribution >= 0.6 is 0 Å². The van der Waals surface area contributed by atoms with Gasteiger partial charge in [0.15, 0.2) is 0 Å². The van der Waals surface area contributed by atoms with E-state index in [1.807, 2.05) is 0 Å². The molecule has 0 spiro atoms. The predicted octanol–water partition coefficient (Wildman–Crippen LogP) is 1.91. The maximum atomic E-state index is 11.0. The van der Waals surface area contributed by atoms with E-state index in [4.69, 9.17) is 4.74 Å². The summed E-state index contributed by atoms with van der Waals surface area (Å²) in [4.78, 5) is 11.0. The lowest BCUT2D eigenvalue weighted by atomic mass is 10.2. The highest BCUT2D eigenvalue weighted by Crippen LogP contribution is 2.41. The average molecular weight is 196 g/mol. The molecule has 2 saturated carbocycles. The van der Waals surface area contributed by atoms with Gasteiger partial charge in [0.2, 0.25) is 0 Å². The van der Waals surface area contributed by atoms with Crippen molar-refractivity contribution in [1.29, 1.82) is 0 Å². The van der Waals surface area contributed by atoms with Gasteiger partial charge in [-0.25, -0.2) is 10.2 Å². The zero-order valence-corrected chi connectivity index (χ0v) is 8.45. The molecular formula is C10H16N2O2. The molecule has 0 atom stereocenters. The first kappa shape index (κ1) is 9.49. The Morgan fingerprint density at radius 3 is 2.36 bits per heavy atom. The van der Waals surface area contributed by atoms with Gasteiger partial charge in [0.25, 0.3) is 0 Å². The number of carbonyl (C=O) groups is 1. The monoisotopic (exact) mass is 196 g/mol. The second kappa shape index (κ2) is 3.98. The fourth-order valence-corrected chi connectivity index (χ4v) is 1.55. The van der Waals surface area contributed by atoms with Crippen molar-refractivity contribution in [2.45, 2.75) is 32.6 Å². The topological polar surface area (TPSA) is 50.7 Å². The molecule has 0 aromatic carbocycles. The van der Waals surface area contributed by atoms with Crippen LogP contribution in [0.3, 0.4) is 0 Å². The Labute approximate surface area is 83.7 Å². The normalized spacial score (nSPS) is 20.1. The minimum Gasteiger partial charge on any atom is -0.449 e. The Morgan fingerprint density at radius 2 is 1.93 bits per heavy atom. The highest BCUT2D eigenvalue weighted by Gasteiger charge is 2.38. The molecule has 0 aromatic heterocycles. The van der Waals surface area contributed by atoms with Gasteiger partial charge in [0.05, 0.1) is 6.61 Å². The Bertz CT molecular complexity index is 241. The predicted molar refractivity (Wildman–Crippen MR) is 53.0 cm³/mol. The SMILES string of the molecule is CCOC(=O)NN=C(C1CC1)C1CC1. The van der Waals surface area contributed by atoms with Gasteiger partial charge < -0.3 is 4.74 Å². The van der Waals surface area contributed by atoms with Gasteiger partial charge in [-0.15, -0.1) is 0 Å². The van der Waals surface area contributed by atoms with Crippen molar-refractivity contribution in [2.75, 3.05) is 6.61 Å². The number of rotatable bonds is 4. The quantitative estimate of drug-likeness (QED) is 0.551. The van der Waals surface area contributed by atoms with Crippen molar-refractivity contribution in [3.05, 3.63) is 0 Å². The lowest BCUT2D eigenvalue weighted by molar-refractivity contribution is 0.152. The van der Waals surface area contributed by atoms with Gasteiger partial charge in [-0.1, -0.05) is 0 Å². The standard InChI is InChI=1S/C10H16N2O2/c1-2-14-10(13)12-11-9(7-3-4-7)8-5-6-8/h7-8H,2-6H2,1H3,(H,12,13). The second-order valence-electron chi connectivity index (χ2n) is 3.92. The van der Waals surface area contributed by atoms with Crippen LogP contribution in [0.25, 0.3) is 0 Å². The summed E-state index contributed by atoms with van der Waals surface area (Å²) in [6.07, 6.45) is 4.51. The van der Waals surface area contributed by atoms with Crippen LogP contribution in [0.1, 0.15) is 32.6 Å². The maximum absolute atomic E-state index is 11.0. The van der Waals surface area contributed by atoms with Gasteiger partial charge >= 0.3 is 6.09 Å². The summed E-state index contributed by atoms with van der Waals surface area (Å²) in [5.74, 6) is 1.29. The van der Waals surface area contributed by atoms with Crippen LogP contribution in [0.4, 0.5) is 4.79 Å². The van der Waals surface area contributed by atoms with Crippen molar-refractivity contribution < 1.29 is 9.53 Å². The van der Waals surface area contributed by atoms with E-state index in [1.165, 1.54) is 31.4 Å². The molecule has 0 aromatic rings. The van der Waals surface area contributed by atoms with Gasteiger partial charge in [-0.05, 0) is 44.4 Å². The zero-order chi connectivity index (χ0) is 9.97. The molecule has 0 saturated heterocycles. The van der Waals surface area contributed by atoms with Crippen LogP contribution in [0.2, 0.25) is 0 Å². The number of hydrazone groups is 1. The maximum Gasteiger partial charge on any atom is 0.427 e. The summed E-state index contributed by atoms with van der Waals surface area (Å²) < 4.78 is 4.74. The van der Waals surface area contributed by atoms with Crippen molar-refractivity contribution in [2.24, 2.45) is 16.9 Å². The van der Waals surface area contributed by atoms with Crippen LogP contribution in [0.5, 0.6) is 0 Å². The zero-order valence-electron chi connectivity index (χ0n) is 8.45. The Balaban J connectivity index is 1.83. The lowest BCUT2D eigenvalue weighted by Gasteiger charge is -2.03. The minimum absolute atomic E-state index is 0.392. The lowest BCUT2D eigenvalue weighted by Crippen LogP contribution is -2.21. The Hall–Kier alpha value is -1.06. The van der Waals surface area contributed by atoms with E-state index in [9.17, 15) is 4.79 Å². The average Bonchev–Trinajstić information content (AvgIpc) is 3.01. The third-order valence-corrected chi connectivity index (χ3v) is 2.54. The Morgan fingerprint density at radius 1 is 1.36 bits per heavy atom. The van der Waals surface area contributed by atoms with Gasteiger partial charge in [-0.3, -0.25) is 0 Å². The van der Waals surface area contributed by atoms with E-state index in [0.717, 1.165) is 0 Å². The van der Waals surface area contributed by atoms with Crippen LogP contribution in [-0.4, -0.2) is 18.4 Å². The summed E-state index contributed by atoms with van der Waals surface area (Å²) >= 11 is 0. The fourth-order valence-electron chi connectivity index (χ4n) is 1.55. The van der Waals surface area contributed by atoms with Gasteiger partial charge in [-0.2, -0.15) is 5.10 Å². The van der Waals surface area contributed by atoms with Crippen molar-refractivity contribution in [3.8, 4) is 0 Å². The summed E-state index contributed by atoms with van der Waals surface area (Å²) in [6, 6.07) is 0. The van der Waals surface area contributed by atoms with Crippen LogP contribution in [0, 0.1) is 11.8 Å². The number of hydrogen-bond donors (Lipinski definition) is 1. The van der Waals surface area contributed by atoms with E-state index in [-0.39, 0.29) is 0 Å². The van der Waals surface area contributed by atoms with E-state index >= 15 is 0 Å². The van der Waals surface area contributed by atoms with Crippen molar-refractivity contribution in [3.63, 3.8) is 0 Å². The van der Waals surface area contributed by atoms with Gasteiger partial charge in [0, 0.05) is 5.71 Å². The summed E-state index contributed by atoms with van der Waals surface area (Å²) in [6.45, 7) is 2.18. The molecule has 1 amide bonds. The van der Waals surface area contributed by atoms with E-state index < -0.39 is 6.09 Å². The first-order valence-electron chi connectivity index (χ1n) is 5.31. The first-order valence-corrected chi connectivity index (χ1v) is 5.31. The number of amides is 1. The molecule has 4 nitrogen and oxygen atoms in total. The molecule has 4 heteroatoms. The molecule has 78 valence electrons. The number of nitrogens with one attached hydrogen (secondary N) is 1. The third kappa shape index (κ3) is 2.47. The van der Waals surface area contributed by atoms with E-state index in [1.54, 1.807) is 6.92 Å². The van der Waals surface area contributed by atoms with Crippen molar-refractivity contribution in [1.82, 2.24) is 5.43 Å². The summed E-state index contributed by atoms with van der Waals surface area (Å²) in [5, 5.41) is 4.16. The molecule has 0 aliphatic heterocycles. The van der Waals surface area contributed by atoms with Crippen LogP contribution in [-0.2, 0) is 4.74 Å². The largest absolute Gasteiger partial charge is 0.449 e. The van der Waals surface area contributed by atoms with E-state index in [2.05, 4.69) is 10.5 Å². The third-order valence-electron chi connectivity index (χ3n) is 2.54. The number of ether oxygens (including phenoxy) is 1. The molecule has 0 heterocycles. The molecule has 2 aliphatic rings. The highest BCUT2D eigenvalue weighted by atomic mass is 16.5. The summed E-state index contributed by atoms with van der Waals surface area (Å²) in [5.41, 5.74) is 3.65. The second-order valence-corrected chi connectivity index (χ2v) is 3.92. The smallest absolute Gasteiger partial charge is 0.427 e. The van der Waals surface area contributed by atoms with Gasteiger partial charge in [0.1, 0.15) is 0 Å². The highest BCUT2D eigenvalue weighted by molar-refractivity contribution is 5.93. The molecule has 1 N–H and O–H groups in total. The molecule has 2 aliphatic carbocycles. The van der Waals surface area contributed by atoms with Crippen LogP contribution < -0.4 is 5.43 Å². The number of hydrogen-bond acceptors (Lipinski definition) is 3. The Kier molecular flexibility index (Phi) is 2.70. The van der Waals surface area contributed by atoms with Crippen LogP contribution in [0.15, 0.2) is 5.10 Å². The first-order chi connectivity index (χ1) is 6.81. The fraction of sp³-hybridized carbons (Fsp3) is 0.800.